The van der Waals surface area contributed by atoms with E-state index in [0.717, 1.165) is 22.3 Å². The number of anilines is 1. The van der Waals surface area contributed by atoms with Crippen LogP contribution in [-0.4, -0.2) is 49.7 Å². The van der Waals surface area contributed by atoms with Crippen LogP contribution >= 0.6 is 0 Å². The zero-order chi connectivity index (χ0) is 23.9. The van der Waals surface area contributed by atoms with Crippen LogP contribution in [0.2, 0.25) is 0 Å². The Bertz CT molecular complexity index is 1270. The summed E-state index contributed by atoms with van der Waals surface area (Å²) in [7, 11) is 0. The van der Waals surface area contributed by atoms with Crippen molar-refractivity contribution < 1.29 is 9.53 Å². The molecular formula is C25H25N7O2. The van der Waals surface area contributed by atoms with Crippen LogP contribution in [0.1, 0.15) is 28.7 Å². The highest BCUT2D eigenvalue weighted by atomic mass is 16.5. The molecule has 0 saturated heterocycles. The number of nitrogens with one attached hydrogen (secondary N) is 1. The number of benzene rings is 2. The monoisotopic (exact) mass is 455 g/mol. The number of hydrogen-bond donors (Lipinski definition) is 1. The molecule has 0 aliphatic carbocycles. The fraction of sp³-hybridized carbons (Fsp3) is 0.200. The van der Waals surface area contributed by atoms with Crippen molar-refractivity contribution in [3.63, 3.8) is 0 Å². The molecule has 2 aromatic carbocycles. The van der Waals surface area contributed by atoms with E-state index in [1.807, 2.05) is 53.4 Å². The highest BCUT2D eigenvalue weighted by Gasteiger charge is 2.21. The second-order valence-electron chi connectivity index (χ2n) is 7.53. The second kappa shape index (κ2) is 10.5. The Labute approximate surface area is 197 Å². The molecule has 1 N–H and O–H groups in total. The van der Waals surface area contributed by atoms with E-state index < -0.39 is 5.97 Å². The van der Waals surface area contributed by atoms with Gasteiger partial charge in [0.15, 0.2) is 0 Å². The normalized spacial score (nSPS) is 10.6. The van der Waals surface area contributed by atoms with E-state index in [9.17, 15) is 4.79 Å². The molecular weight excluding hydrogens is 430 g/mol. The first-order chi connectivity index (χ1) is 16.6. The van der Waals surface area contributed by atoms with Gasteiger partial charge in [-0.3, -0.25) is 0 Å². The molecule has 0 aliphatic rings. The molecule has 0 amide bonds. The van der Waals surface area contributed by atoms with Crippen molar-refractivity contribution in [3.8, 4) is 22.5 Å². The Balaban J connectivity index is 1.75. The first kappa shape index (κ1) is 22.8. The van der Waals surface area contributed by atoms with Crippen molar-refractivity contribution in [1.29, 1.82) is 0 Å². The number of rotatable bonds is 9. The lowest BCUT2D eigenvalue weighted by molar-refractivity contribution is 0.0526. The maximum Gasteiger partial charge on any atom is 0.343 e. The number of H-pyrrole nitrogens is 1. The van der Waals surface area contributed by atoms with Gasteiger partial charge < -0.3 is 9.64 Å². The summed E-state index contributed by atoms with van der Waals surface area (Å²) in [6.45, 7) is 8.64. The predicted molar refractivity (Wildman–Crippen MR) is 129 cm³/mol. The lowest BCUT2D eigenvalue weighted by Crippen LogP contribution is -2.27. The number of esters is 1. The van der Waals surface area contributed by atoms with Crippen molar-refractivity contribution in [2.24, 2.45) is 0 Å². The van der Waals surface area contributed by atoms with Gasteiger partial charge in [-0.2, -0.15) is 5.21 Å². The van der Waals surface area contributed by atoms with Crippen molar-refractivity contribution in [3.05, 3.63) is 84.3 Å². The van der Waals surface area contributed by atoms with Gasteiger partial charge in [-0.1, -0.05) is 48.5 Å². The summed E-state index contributed by atoms with van der Waals surface area (Å²) in [5, 5.41) is 14.7. The van der Waals surface area contributed by atoms with Gasteiger partial charge in [0.1, 0.15) is 17.2 Å². The maximum absolute atomic E-state index is 12.6. The molecule has 172 valence electrons. The van der Waals surface area contributed by atoms with Crippen LogP contribution in [0.4, 0.5) is 5.82 Å². The third kappa shape index (κ3) is 4.98. The number of aromatic nitrogens is 6. The molecule has 9 nitrogen and oxygen atoms in total. The molecule has 0 unspecified atom stereocenters. The summed E-state index contributed by atoms with van der Waals surface area (Å²) < 4.78 is 5.22. The van der Waals surface area contributed by atoms with Gasteiger partial charge in [0, 0.05) is 24.8 Å². The molecule has 4 rings (SSSR count). The molecule has 0 radical (unpaired) electrons. The van der Waals surface area contributed by atoms with Gasteiger partial charge in [-0.25, -0.2) is 14.8 Å². The molecule has 2 aromatic heterocycles. The van der Waals surface area contributed by atoms with Crippen molar-refractivity contribution in [2.45, 2.75) is 20.4 Å². The number of aryl methyl sites for hydroxylation is 1. The Morgan fingerprint density at radius 1 is 1.18 bits per heavy atom. The first-order valence-corrected chi connectivity index (χ1v) is 10.9. The summed E-state index contributed by atoms with van der Waals surface area (Å²) in [6, 6.07) is 16.1. The number of nitrogens with zero attached hydrogens (tertiary/aromatic N) is 6. The molecule has 0 saturated carbocycles. The third-order valence-electron chi connectivity index (χ3n) is 5.16. The van der Waals surface area contributed by atoms with E-state index in [1.165, 1.54) is 6.20 Å². The number of carbonyl (C=O) groups excluding carboxylic acids is 1. The average molecular weight is 456 g/mol. The molecule has 0 fully saturated rings. The lowest BCUT2D eigenvalue weighted by Gasteiger charge is -2.25. The Hall–Kier alpha value is -4.40. The summed E-state index contributed by atoms with van der Waals surface area (Å²) in [5.41, 5.74) is 4.18. The molecule has 0 spiro atoms. The molecule has 2 heterocycles. The average Bonchev–Trinajstić information content (AvgIpc) is 3.39. The lowest BCUT2D eigenvalue weighted by atomic mass is 9.97. The Morgan fingerprint density at radius 3 is 2.71 bits per heavy atom. The number of hydrogen-bond acceptors (Lipinski definition) is 8. The Kier molecular flexibility index (Phi) is 7.02. The van der Waals surface area contributed by atoms with Gasteiger partial charge in [0.2, 0.25) is 5.82 Å². The summed E-state index contributed by atoms with van der Waals surface area (Å²) in [6.07, 6.45) is 3.28. The van der Waals surface area contributed by atoms with E-state index in [1.54, 1.807) is 19.9 Å². The number of carbonyl (C=O) groups is 1. The highest BCUT2D eigenvalue weighted by molar-refractivity contribution is 5.94. The van der Waals surface area contributed by atoms with E-state index in [-0.39, 0.29) is 6.61 Å². The van der Waals surface area contributed by atoms with Gasteiger partial charge in [-0.05, 0) is 41.8 Å². The summed E-state index contributed by atoms with van der Waals surface area (Å²) in [4.78, 5) is 23.3. The maximum atomic E-state index is 12.6. The van der Waals surface area contributed by atoms with E-state index in [2.05, 4.69) is 37.2 Å². The fourth-order valence-electron chi connectivity index (χ4n) is 3.67. The van der Waals surface area contributed by atoms with Crippen LogP contribution in [0, 0.1) is 6.92 Å². The van der Waals surface area contributed by atoms with E-state index in [0.29, 0.717) is 36.1 Å². The van der Waals surface area contributed by atoms with Crippen LogP contribution in [-0.2, 0) is 11.3 Å². The number of tetrazole rings is 1. The standard InChI is InChI=1S/C25H25N7O2/c1-4-13-32(24-22(25(33)34-5-2)15-26-17(3)27-24)16-18-11-12-20(19-9-7-6-8-10-19)21(14-18)23-28-30-31-29-23/h4,6-12,14-15H,1,5,13,16H2,2-3H3,(H,28,29,30,31). The van der Waals surface area contributed by atoms with E-state index in [4.69, 9.17) is 4.74 Å². The Morgan fingerprint density at radius 2 is 2.00 bits per heavy atom. The number of aromatic amines is 1. The predicted octanol–water partition coefficient (Wildman–Crippen LogP) is 4.00. The fourth-order valence-corrected chi connectivity index (χ4v) is 3.67. The molecule has 4 aromatic rings. The molecule has 0 atom stereocenters. The largest absolute Gasteiger partial charge is 0.462 e. The molecule has 9 heteroatoms. The molecule has 0 aliphatic heterocycles. The summed E-state index contributed by atoms with van der Waals surface area (Å²) >= 11 is 0. The molecule has 34 heavy (non-hydrogen) atoms. The minimum absolute atomic E-state index is 0.266. The zero-order valence-electron chi connectivity index (χ0n) is 19.1. The zero-order valence-corrected chi connectivity index (χ0v) is 19.1. The summed E-state index contributed by atoms with van der Waals surface area (Å²) in [5.74, 6) is 1.10. The second-order valence-corrected chi connectivity index (χ2v) is 7.53. The van der Waals surface area contributed by atoms with Crippen molar-refractivity contribution >= 4 is 11.8 Å². The number of ether oxygens (including phenoxy) is 1. The quantitative estimate of drug-likeness (QED) is 0.298. The molecule has 0 bridgehead atoms. The topological polar surface area (TPSA) is 110 Å². The van der Waals surface area contributed by atoms with Crippen LogP contribution in [0.25, 0.3) is 22.5 Å². The highest BCUT2D eigenvalue weighted by Crippen LogP contribution is 2.31. The first-order valence-electron chi connectivity index (χ1n) is 10.9. The van der Waals surface area contributed by atoms with Gasteiger partial charge in [0.05, 0.1) is 6.61 Å². The van der Waals surface area contributed by atoms with Crippen molar-refractivity contribution in [1.82, 2.24) is 30.6 Å². The van der Waals surface area contributed by atoms with Gasteiger partial charge >= 0.3 is 5.97 Å². The van der Waals surface area contributed by atoms with Crippen LogP contribution in [0.3, 0.4) is 0 Å². The minimum atomic E-state index is -0.460. The third-order valence-corrected chi connectivity index (χ3v) is 5.16. The van der Waals surface area contributed by atoms with Gasteiger partial charge in [0.25, 0.3) is 0 Å². The van der Waals surface area contributed by atoms with Crippen LogP contribution < -0.4 is 4.90 Å². The SMILES string of the molecule is C=CCN(Cc1ccc(-c2ccccc2)c(-c2nn[nH]n2)c1)c1nc(C)ncc1C(=O)OCC. The van der Waals surface area contributed by atoms with E-state index >= 15 is 0 Å². The van der Waals surface area contributed by atoms with Crippen molar-refractivity contribution in [2.75, 3.05) is 18.1 Å². The van der Waals surface area contributed by atoms with Crippen LogP contribution in [0.15, 0.2) is 67.4 Å². The smallest absolute Gasteiger partial charge is 0.343 e. The van der Waals surface area contributed by atoms with Crippen LogP contribution in [0.5, 0.6) is 0 Å². The van der Waals surface area contributed by atoms with Gasteiger partial charge in [-0.15, -0.1) is 16.8 Å². The minimum Gasteiger partial charge on any atom is -0.462 e.